The lowest BCUT2D eigenvalue weighted by Gasteiger charge is -2.04. The molecule has 0 aliphatic rings. The number of rotatable bonds is 31. The summed E-state index contributed by atoms with van der Waals surface area (Å²) in [7, 11) is 1.46. The molecule has 0 aromatic carbocycles. The molecule has 0 radical (unpaired) electrons. The number of ether oxygens (including phenoxy) is 1. The molecule has 0 bridgehead atoms. The predicted molar refractivity (Wildman–Crippen MR) is 165 cm³/mol. The largest absolute Gasteiger partial charge is 0.469 e. The summed E-state index contributed by atoms with van der Waals surface area (Å²) in [5.41, 5.74) is 0. The van der Waals surface area contributed by atoms with Crippen LogP contribution in [-0.2, 0) is 9.53 Å². The summed E-state index contributed by atoms with van der Waals surface area (Å²) < 4.78 is 4.65. The lowest BCUT2D eigenvalue weighted by molar-refractivity contribution is -0.140. The van der Waals surface area contributed by atoms with E-state index in [9.17, 15) is 4.79 Å². The molecule has 0 rings (SSSR count). The van der Waals surface area contributed by atoms with Crippen LogP contribution in [0, 0.1) is 0 Å². The summed E-state index contributed by atoms with van der Waals surface area (Å²) in [6.07, 6.45) is 45.8. The first kappa shape index (κ1) is 36.2. The van der Waals surface area contributed by atoms with E-state index in [1.165, 1.54) is 180 Å². The third-order valence-corrected chi connectivity index (χ3v) is 7.87. The molecule has 0 N–H and O–H groups in total. The lowest BCUT2D eigenvalue weighted by Crippen LogP contribution is -1.98. The van der Waals surface area contributed by atoms with E-state index in [-0.39, 0.29) is 5.97 Å². The third-order valence-electron chi connectivity index (χ3n) is 7.87. The van der Waals surface area contributed by atoms with Crippen LogP contribution in [0.4, 0.5) is 0 Å². The molecular weight excluding hydrogens is 452 g/mol. The van der Waals surface area contributed by atoms with Crippen molar-refractivity contribution < 1.29 is 9.53 Å². The van der Waals surface area contributed by atoms with E-state index in [1.54, 1.807) is 0 Å². The minimum Gasteiger partial charge on any atom is -0.469 e. The topological polar surface area (TPSA) is 26.3 Å². The molecule has 0 aliphatic carbocycles. The van der Waals surface area contributed by atoms with E-state index in [1.807, 2.05) is 0 Å². The number of unbranched alkanes of at least 4 members (excludes halogenated alkanes) is 27. The van der Waals surface area contributed by atoms with Gasteiger partial charge in [0.05, 0.1) is 7.11 Å². The Hall–Kier alpha value is -0.790. The summed E-state index contributed by atoms with van der Waals surface area (Å²) in [4.78, 5) is 11.0. The number of hydrogen-bond donors (Lipinski definition) is 0. The Bertz CT molecular complexity index is 456. The minimum absolute atomic E-state index is 0.0937. The van der Waals surface area contributed by atoms with Gasteiger partial charge >= 0.3 is 5.97 Å². The molecule has 220 valence electrons. The van der Waals surface area contributed by atoms with Crippen molar-refractivity contribution in [1.82, 2.24) is 0 Å². The molecule has 0 fully saturated rings. The van der Waals surface area contributed by atoms with Crippen molar-refractivity contribution in [2.45, 2.75) is 200 Å². The lowest BCUT2D eigenvalue weighted by atomic mass is 10.0. The molecule has 0 unspecified atom stereocenters. The first-order valence-electron chi connectivity index (χ1n) is 17.0. The van der Waals surface area contributed by atoms with Crippen LogP contribution in [0.25, 0.3) is 0 Å². The van der Waals surface area contributed by atoms with E-state index < -0.39 is 0 Å². The van der Waals surface area contributed by atoms with Crippen molar-refractivity contribution in [3.8, 4) is 0 Å². The molecule has 0 aliphatic heterocycles. The number of hydrogen-bond acceptors (Lipinski definition) is 2. The van der Waals surface area contributed by atoms with Crippen LogP contribution in [0.2, 0.25) is 0 Å². The number of carbonyl (C=O) groups is 1. The molecule has 0 spiro atoms. The van der Waals surface area contributed by atoms with Crippen LogP contribution in [0.3, 0.4) is 0 Å². The van der Waals surface area contributed by atoms with Crippen molar-refractivity contribution >= 4 is 5.97 Å². The zero-order valence-electron chi connectivity index (χ0n) is 25.7. The smallest absolute Gasteiger partial charge is 0.305 e. The Morgan fingerprint density at radius 2 is 0.703 bits per heavy atom. The average molecular weight is 521 g/mol. The highest BCUT2D eigenvalue weighted by molar-refractivity contribution is 5.69. The predicted octanol–water partition coefficient (Wildman–Crippen LogP) is 12.4. The molecular formula is C35H68O2. The monoisotopic (exact) mass is 521 g/mol. The SMILES string of the molecule is CCCCCCCCCCCCCCCCCCCCCCCCCCCC/C=C\CCCC(=O)OC. The van der Waals surface area contributed by atoms with Gasteiger partial charge in [0.2, 0.25) is 0 Å². The summed E-state index contributed by atoms with van der Waals surface area (Å²) in [6.45, 7) is 2.30. The van der Waals surface area contributed by atoms with Crippen molar-refractivity contribution in [2.24, 2.45) is 0 Å². The standard InChI is InChI=1S/C35H68O2/c1-3-4-5-6-7-8-9-10-11-12-13-14-15-16-17-18-19-20-21-22-23-24-25-26-27-28-29-30-31-32-33-34-35(36)37-2/h30-31H,3-29,32-34H2,1-2H3/b31-30-. The van der Waals surface area contributed by atoms with Gasteiger partial charge in [-0.05, 0) is 25.7 Å². The molecule has 0 aromatic rings. The molecule has 2 heteroatoms. The second kappa shape index (κ2) is 33.2. The number of esters is 1. The van der Waals surface area contributed by atoms with Crippen LogP contribution < -0.4 is 0 Å². The molecule has 0 amide bonds. The van der Waals surface area contributed by atoms with Gasteiger partial charge in [0, 0.05) is 6.42 Å². The zero-order valence-corrected chi connectivity index (χ0v) is 25.7. The van der Waals surface area contributed by atoms with E-state index in [0.717, 1.165) is 12.8 Å². The fourth-order valence-electron chi connectivity index (χ4n) is 5.28. The molecule has 0 aromatic heterocycles. The van der Waals surface area contributed by atoms with Crippen LogP contribution >= 0.6 is 0 Å². The van der Waals surface area contributed by atoms with Crippen molar-refractivity contribution in [2.75, 3.05) is 7.11 Å². The van der Waals surface area contributed by atoms with Crippen LogP contribution in [0.5, 0.6) is 0 Å². The average Bonchev–Trinajstić information content (AvgIpc) is 2.91. The first-order chi connectivity index (χ1) is 18.3. The Morgan fingerprint density at radius 3 is 1.00 bits per heavy atom. The van der Waals surface area contributed by atoms with Crippen LogP contribution in [-0.4, -0.2) is 13.1 Å². The van der Waals surface area contributed by atoms with Crippen LogP contribution in [0.1, 0.15) is 200 Å². The number of allylic oxidation sites excluding steroid dienone is 2. The fourth-order valence-corrected chi connectivity index (χ4v) is 5.28. The minimum atomic E-state index is -0.0937. The van der Waals surface area contributed by atoms with E-state index in [0.29, 0.717) is 6.42 Å². The van der Waals surface area contributed by atoms with E-state index >= 15 is 0 Å². The van der Waals surface area contributed by atoms with Gasteiger partial charge < -0.3 is 4.74 Å². The first-order valence-corrected chi connectivity index (χ1v) is 17.0. The van der Waals surface area contributed by atoms with Gasteiger partial charge in [-0.2, -0.15) is 0 Å². The second-order valence-electron chi connectivity index (χ2n) is 11.6. The summed E-state index contributed by atoms with van der Waals surface area (Å²) in [6, 6.07) is 0. The summed E-state index contributed by atoms with van der Waals surface area (Å²) >= 11 is 0. The van der Waals surface area contributed by atoms with Crippen molar-refractivity contribution in [3.63, 3.8) is 0 Å². The Kier molecular flexibility index (Phi) is 32.5. The maximum atomic E-state index is 11.0. The van der Waals surface area contributed by atoms with Gasteiger partial charge in [-0.15, -0.1) is 0 Å². The molecule has 0 saturated carbocycles. The molecule has 37 heavy (non-hydrogen) atoms. The van der Waals surface area contributed by atoms with Crippen molar-refractivity contribution in [1.29, 1.82) is 0 Å². The van der Waals surface area contributed by atoms with Gasteiger partial charge in [0.25, 0.3) is 0 Å². The van der Waals surface area contributed by atoms with Crippen molar-refractivity contribution in [3.05, 3.63) is 12.2 Å². The maximum absolute atomic E-state index is 11.0. The fraction of sp³-hybridized carbons (Fsp3) is 0.914. The van der Waals surface area contributed by atoms with Gasteiger partial charge in [-0.25, -0.2) is 0 Å². The van der Waals surface area contributed by atoms with Gasteiger partial charge in [-0.3, -0.25) is 4.79 Å². The van der Waals surface area contributed by atoms with Gasteiger partial charge in [0.1, 0.15) is 0 Å². The highest BCUT2D eigenvalue weighted by Crippen LogP contribution is 2.16. The number of methoxy groups -OCH3 is 1. The maximum Gasteiger partial charge on any atom is 0.305 e. The highest BCUT2D eigenvalue weighted by atomic mass is 16.5. The Balaban J connectivity index is 3.07. The molecule has 2 nitrogen and oxygen atoms in total. The van der Waals surface area contributed by atoms with Gasteiger partial charge in [-0.1, -0.05) is 180 Å². The van der Waals surface area contributed by atoms with Gasteiger partial charge in [0.15, 0.2) is 0 Å². The molecule has 0 atom stereocenters. The molecule has 0 heterocycles. The Morgan fingerprint density at radius 1 is 0.432 bits per heavy atom. The van der Waals surface area contributed by atoms with E-state index in [2.05, 4.69) is 23.8 Å². The summed E-state index contributed by atoms with van der Waals surface area (Å²) in [5, 5.41) is 0. The summed E-state index contributed by atoms with van der Waals surface area (Å²) in [5.74, 6) is -0.0937. The Labute approximate surface area is 234 Å². The number of carbonyl (C=O) groups excluding carboxylic acids is 1. The zero-order chi connectivity index (χ0) is 26.9. The molecule has 0 saturated heterocycles. The third kappa shape index (κ3) is 33.2. The highest BCUT2D eigenvalue weighted by Gasteiger charge is 1.98. The second-order valence-corrected chi connectivity index (χ2v) is 11.6. The van der Waals surface area contributed by atoms with E-state index in [4.69, 9.17) is 0 Å². The normalized spacial score (nSPS) is 11.5. The quantitative estimate of drug-likeness (QED) is 0.0516. The van der Waals surface area contributed by atoms with Crippen LogP contribution in [0.15, 0.2) is 12.2 Å².